The summed E-state index contributed by atoms with van der Waals surface area (Å²) in [5.74, 6) is -0.424. The predicted molar refractivity (Wildman–Crippen MR) is 111 cm³/mol. The number of Topliss-reactive ketones (excluding diaryl/α,β-unsaturated/α-hetero) is 1. The summed E-state index contributed by atoms with van der Waals surface area (Å²) in [5.41, 5.74) is 2.55. The molecule has 0 unspecified atom stereocenters. The average Bonchev–Trinajstić information content (AvgIpc) is 3.11. The second-order valence-electron chi connectivity index (χ2n) is 7.50. The number of hydrogen-bond acceptors (Lipinski definition) is 6. The molecule has 1 saturated heterocycles. The summed E-state index contributed by atoms with van der Waals surface area (Å²) in [6, 6.07) is 11.3. The third-order valence-electron chi connectivity index (χ3n) is 5.29. The minimum Gasteiger partial charge on any atom is -0.356 e. The molecule has 3 aromatic rings. The van der Waals surface area contributed by atoms with Gasteiger partial charge in [-0.25, -0.2) is 4.39 Å². The van der Waals surface area contributed by atoms with Gasteiger partial charge in [-0.2, -0.15) is 0 Å². The van der Waals surface area contributed by atoms with Gasteiger partial charge in [-0.3, -0.25) is 19.4 Å². The maximum Gasteiger partial charge on any atom is 0.238 e. The number of hydrogen-bond donors (Lipinski definition) is 1. The molecule has 2 heterocycles. The SMILES string of the molecule is CC(=O)c1ccc(NC(=O)CN2CCN(Cc3noc4cc(F)ccc34)CC2)cc1. The first-order valence-electron chi connectivity index (χ1n) is 9.87. The predicted octanol–water partition coefficient (Wildman–Crippen LogP) is 2.93. The quantitative estimate of drug-likeness (QED) is 0.630. The number of nitrogens with one attached hydrogen (secondary N) is 1. The van der Waals surface area contributed by atoms with Crippen molar-refractivity contribution in [2.75, 3.05) is 38.0 Å². The Hall–Kier alpha value is -3.10. The van der Waals surface area contributed by atoms with Gasteiger partial charge in [0.05, 0.1) is 6.54 Å². The van der Waals surface area contributed by atoms with Crippen LogP contribution in [-0.4, -0.2) is 59.4 Å². The summed E-state index contributed by atoms with van der Waals surface area (Å²) in [6.45, 7) is 5.59. The summed E-state index contributed by atoms with van der Waals surface area (Å²) >= 11 is 0. The van der Waals surface area contributed by atoms with Crippen molar-refractivity contribution in [2.45, 2.75) is 13.5 Å². The zero-order chi connectivity index (χ0) is 21.1. The molecule has 1 fully saturated rings. The molecule has 30 heavy (non-hydrogen) atoms. The minimum atomic E-state index is -0.341. The van der Waals surface area contributed by atoms with Crippen LogP contribution in [0.3, 0.4) is 0 Å². The fraction of sp³-hybridized carbons (Fsp3) is 0.318. The van der Waals surface area contributed by atoms with Crippen LogP contribution in [0.4, 0.5) is 10.1 Å². The molecule has 8 heteroatoms. The second-order valence-corrected chi connectivity index (χ2v) is 7.50. The van der Waals surface area contributed by atoms with Gasteiger partial charge in [-0.15, -0.1) is 0 Å². The first kappa shape index (κ1) is 20.2. The van der Waals surface area contributed by atoms with Crippen molar-refractivity contribution in [2.24, 2.45) is 0 Å². The molecule has 1 N–H and O–H groups in total. The number of nitrogens with zero attached hydrogens (tertiary/aromatic N) is 3. The second kappa shape index (κ2) is 8.73. The molecule has 0 saturated carbocycles. The van der Waals surface area contributed by atoms with Crippen LogP contribution in [-0.2, 0) is 11.3 Å². The van der Waals surface area contributed by atoms with Crippen molar-refractivity contribution in [3.8, 4) is 0 Å². The first-order chi connectivity index (χ1) is 14.5. The van der Waals surface area contributed by atoms with Crippen LogP contribution in [0.5, 0.6) is 0 Å². The average molecular weight is 410 g/mol. The van der Waals surface area contributed by atoms with E-state index < -0.39 is 0 Å². The van der Waals surface area contributed by atoms with Gasteiger partial charge in [0.15, 0.2) is 11.4 Å². The fourth-order valence-electron chi connectivity index (χ4n) is 3.59. The third kappa shape index (κ3) is 4.72. The molecule has 1 aromatic heterocycles. The maximum atomic E-state index is 13.3. The standard InChI is InChI=1S/C22H23FN4O3/c1-15(28)16-2-5-18(6-3-16)24-22(29)14-27-10-8-26(9-11-27)13-20-19-7-4-17(23)12-21(19)30-25-20/h2-7,12H,8-11,13-14H2,1H3,(H,24,29). The van der Waals surface area contributed by atoms with E-state index in [0.717, 1.165) is 37.3 Å². The Morgan fingerprint density at radius 1 is 1.07 bits per heavy atom. The molecular weight excluding hydrogens is 387 g/mol. The van der Waals surface area contributed by atoms with Crippen molar-refractivity contribution < 1.29 is 18.5 Å². The Labute approximate surface area is 173 Å². The van der Waals surface area contributed by atoms with Crippen LogP contribution >= 0.6 is 0 Å². The zero-order valence-electron chi connectivity index (χ0n) is 16.7. The number of aromatic nitrogens is 1. The molecule has 4 rings (SSSR count). The first-order valence-corrected chi connectivity index (χ1v) is 9.87. The number of piperazine rings is 1. The number of rotatable bonds is 6. The summed E-state index contributed by atoms with van der Waals surface area (Å²) in [4.78, 5) is 28.0. The monoisotopic (exact) mass is 410 g/mol. The van der Waals surface area contributed by atoms with Gasteiger partial charge >= 0.3 is 0 Å². The van der Waals surface area contributed by atoms with Gasteiger partial charge in [-0.05, 0) is 43.3 Å². The van der Waals surface area contributed by atoms with E-state index in [-0.39, 0.29) is 17.5 Å². The van der Waals surface area contributed by atoms with Gasteiger partial charge in [0, 0.05) is 55.4 Å². The molecule has 156 valence electrons. The van der Waals surface area contributed by atoms with Gasteiger partial charge in [-0.1, -0.05) is 5.16 Å². The summed E-state index contributed by atoms with van der Waals surface area (Å²) in [6.07, 6.45) is 0. The number of carbonyl (C=O) groups excluding carboxylic acids is 2. The molecule has 0 bridgehead atoms. The molecule has 0 spiro atoms. The van der Waals surface area contributed by atoms with E-state index in [4.69, 9.17) is 4.52 Å². The summed E-state index contributed by atoms with van der Waals surface area (Å²) < 4.78 is 18.5. The van der Waals surface area contributed by atoms with E-state index in [1.165, 1.54) is 19.1 Å². The topological polar surface area (TPSA) is 78.7 Å². The highest BCUT2D eigenvalue weighted by atomic mass is 19.1. The Bertz CT molecular complexity index is 1060. The highest BCUT2D eigenvalue weighted by Gasteiger charge is 2.21. The molecule has 1 aliphatic heterocycles. The molecule has 7 nitrogen and oxygen atoms in total. The van der Waals surface area contributed by atoms with E-state index in [0.29, 0.717) is 29.9 Å². The normalized spacial score (nSPS) is 15.4. The lowest BCUT2D eigenvalue weighted by Gasteiger charge is -2.33. The van der Waals surface area contributed by atoms with E-state index in [2.05, 4.69) is 20.3 Å². The van der Waals surface area contributed by atoms with Crippen molar-refractivity contribution in [3.05, 3.63) is 59.5 Å². The van der Waals surface area contributed by atoms with Crippen LogP contribution < -0.4 is 5.32 Å². The number of ketones is 1. The van der Waals surface area contributed by atoms with E-state index in [1.54, 1.807) is 30.3 Å². The number of halogens is 1. The lowest BCUT2D eigenvalue weighted by atomic mass is 10.1. The largest absolute Gasteiger partial charge is 0.356 e. The number of fused-ring (bicyclic) bond motifs is 1. The smallest absolute Gasteiger partial charge is 0.238 e. The highest BCUT2D eigenvalue weighted by Crippen LogP contribution is 2.21. The molecule has 0 aliphatic carbocycles. The van der Waals surface area contributed by atoms with E-state index >= 15 is 0 Å². The number of benzene rings is 2. The fourth-order valence-corrected chi connectivity index (χ4v) is 3.59. The highest BCUT2D eigenvalue weighted by molar-refractivity contribution is 5.96. The Balaban J connectivity index is 1.26. The molecule has 1 amide bonds. The Morgan fingerprint density at radius 2 is 1.77 bits per heavy atom. The van der Waals surface area contributed by atoms with Crippen molar-refractivity contribution in [1.29, 1.82) is 0 Å². The van der Waals surface area contributed by atoms with Crippen LogP contribution in [0.1, 0.15) is 23.0 Å². The maximum absolute atomic E-state index is 13.3. The Kier molecular flexibility index (Phi) is 5.87. The van der Waals surface area contributed by atoms with Crippen LogP contribution in [0.2, 0.25) is 0 Å². The lowest BCUT2D eigenvalue weighted by molar-refractivity contribution is -0.117. The number of amides is 1. The zero-order valence-corrected chi connectivity index (χ0v) is 16.7. The van der Waals surface area contributed by atoms with Gasteiger partial charge in [0.25, 0.3) is 0 Å². The Morgan fingerprint density at radius 3 is 2.47 bits per heavy atom. The van der Waals surface area contributed by atoms with Gasteiger partial charge in [0.2, 0.25) is 5.91 Å². The van der Waals surface area contributed by atoms with Gasteiger partial charge < -0.3 is 9.84 Å². The molecular formula is C22H23FN4O3. The summed E-state index contributed by atoms with van der Waals surface area (Å²) in [7, 11) is 0. The van der Waals surface area contributed by atoms with Crippen LogP contribution in [0.15, 0.2) is 47.0 Å². The van der Waals surface area contributed by atoms with Crippen molar-refractivity contribution in [1.82, 2.24) is 15.0 Å². The lowest BCUT2D eigenvalue weighted by Crippen LogP contribution is -2.48. The van der Waals surface area contributed by atoms with Crippen LogP contribution in [0.25, 0.3) is 11.0 Å². The number of anilines is 1. The third-order valence-corrected chi connectivity index (χ3v) is 5.29. The van der Waals surface area contributed by atoms with Crippen molar-refractivity contribution in [3.63, 3.8) is 0 Å². The summed E-state index contributed by atoms with van der Waals surface area (Å²) in [5, 5.41) is 7.78. The van der Waals surface area contributed by atoms with Crippen molar-refractivity contribution >= 4 is 28.3 Å². The van der Waals surface area contributed by atoms with E-state index in [1.807, 2.05) is 0 Å². The van der Waals surface area contributed by atoms with Crippen LogP contribution in [0, 0.1) is 5.82 Å². The minimum absolute atomic E-state index is 0.00321. The molecule has 1 aliphatic rings. The van der Waals surface area contributed by atoms with E-state index in [9.17, 15) is 14.0 Å². The number of carbonyl (C=O) groups is 2. The molecule has 2 aromatic carbocycles. The molecule has 0 atom stereocenters. The molecule has 0 radical (unpaired) electrons. The van der Waals surface area contributed by atoms with Gasteiger partial charge in [0.1, 0.15) is 11.5 Å².